The number of aromatic amines is 1. The molecular weight excluding hydrogens is 182 g/mol. The van der Waals surface area contributed by atoms with Crippen LogP contribution in [0.1, 0.15) is 30.1 Å². The van der Waals surface area contributed by atoms with Gasteiger partial charge in [-0.2, -0.15) is 0 Å². The molecule has 0 unspecified atom stereocenters. The molecule has 1 N–H and O–H groups in total. The summed E-state index contributed by atoms with van der Waals surface area (Å²) < 4.78 is 5.22. The maximum absolute atomic E-state index is 11.4. The Labute approximate surface area is 81.9 Å². The normalized spacial score (nSPS) is 9.79. The molecule has 0 aromatic carbocycles. The zero-order valence-corrected chi connectivity index (χ0v) is 8.08. The second-order valence-corrected chi connectivity index (χ2v) is 2.92. The molecule has 0 fully saturated rings. The minimum atomic E-state index is -0.352. The maximum atomic E-state index is 11.4. The number of aldehydes is 1. The molecule has 0 amide bonds. The Bertz CT molecular complexity index is 357. The van der Waals surface area contributed by atoms with Crippen molar-refractivity contribution in [2.75, 3.05) is 6.61 Å². The van der Waals surface area contributed by atoms with Crippen molar-refractivity contribution in [3.05, 3.63) is 28.2 Å². The van der Waals surface area contributed by atoms with E-state index in [9.17, 15) is 9.59 Å². The lowest BCUT2D eigenvalue weighted by molar-refractivity contribution is 0.112. The Morgan fingerprint density at radius 2 is 2.29 bits per heavy atom. The van der Waals surface area contributed by atoms with Gasteiger partial charge < -0.3 is 9.72 Å². The van der Waals surface area contributed by atoms with E-state index in [1.54, 1.807) is 0 Å². The Morgan fingerprint density at radius 1 is 1.50 bits per heavy atom. The number of carbonyl (C=O) groups excluding carboxylic acids is 1. The number of carbonyl (C=O) groups is 1. The fourth-order valence-electron chi connectivity index (χ4n) is 1.00. The number of nitrogens with one attached hydrogen (secondary N) is 1. The lowest BCUT2D eigenvalue weighted by atomic mass is 10.3. The van der Waals surface area contributed by atoms with Crippen LogP contribution in [-0.4, -0.2) is 17.9 Å². The highest BCUT2D eigenvalue weighted by Crippen LogP contribution is 2.02. The van der Waals surface area contributed by atoms with Gasteiger partial charge in [-0.15, -0.1) is 0 Å². The molecule has 1 rings (SSSR count). The molecule has 0 bridgehead atoms. The number of hydrogen-bond donors (Lipinski definition) is 1. The number of hydrogen-bond acceptors (Lipinski definition) is 3. The first-order valence-electron chi connectivity index (χ1n) is 4.58. The number of ether oxygens (including phenoxy) is 1. The summed E-state index contributed by atoms with van der Waals surface area (Å²) >= 11 is 0. The SMILES string of the molecule is CCCCOc1c[nH]cc(C=O)c1=O. The van der Waals surface area contributed by atoms with Gasteiger partial charge in [-0.05, 0) is 6.42 Å². The first kappa shape index (κ1) is 10.5. The number of aromatic nitrogens is 1. The summed E-state index contributed by atoms with van der Waals surface area (Å²) in [4.78, 5) is 24.5. The van der Waals surface area contributed by atoms with Crippen LogP contribution in [0, 0.1) is 0 Å². The molecule has 4 nitrogen and oxygen atoms in total. The molecular formula is C10H13NO3. The smallest absolute Gasteiger partial charge is 0.233 e. The summed E-state index contributed by atoms with van der Waals surface area (Å²) in [5, 5.41) is 0. The van der Waals surface area contributed by atoms with Gasteiger partial charge in [0.05, 0.1) is 12.2 Å². The zero-order chi connectivity index (χ0) is 10.4. The predicted molar refractivity (Wildman–Crippen MR) is 52.9 cm³/mol. The van der Waals surface area contributed by atoms with Gasteiger partial charge in [0.25, 0.3) is 0 Å². The molecule has 1 heterocycles. The van der Waals surface area contributed by atoms with Crippen molar-refractivity contribution in [3.63, 3.8) is 0 Å². The van der Waals surface area contributed by atoms with E-state index in [4.69, 9.17) is 4.74 Å². The standard InChI is InChI=1S/C10H13NO3/c1-2-3-4-14-9-6-11-5-8(7-12)10(9)13/h5-7H,2-4H2,1H3,(H,11,13). The highest BCUT2D eigenvalue weighted by Gasteiger charge is 2.04. The van der Waals surface area contributed by atoms with Crippen LogP contribution in [0.3, 0.4) is 0 Å². The molecule has 14 heavy (non-hydrogen) atoms. The van der Waals surface area contributed by atoms with Crippen molar-refractivity contribution >= 4 is 6.29 Å². The molecule has 0 saturated heterocycles. The van der Waals surface area contributed by atoms with Crippen LogP contribution in [0.5, 0.6) is 5.75 Å². The second-order valence-electron chi connectivity index (χ2n) is 2.92. The maximum Gasteiger partial charge on any atom is 0.233 e. The van der Waals surface area contributed by atoms with Crippen LogP contribution in [0.2, 0.25) is 0 Å². The molecule has 0 atom stereocenters. The molecule has 0 saturated carbocycles. The third-order valence-electron chi connectivity index (χ3n) is 1.82. The van der Waals surface area contributed by atoms with Crippen LogP contribution in [0.4, 0.5) is 0 Å². The molecule has 0 aliphatic carbocycles. The van der Waals surface area contributed by atoms with Gasteiger partial charge in [-0.25, -0.2) is 0 Å². The van der Waals surface area contributed by atoms with E-state index in [1.165, 1.54) is 12.4 Å². The van der Waals surface area contributed by atoms with Gasteiger partial charge in [0.1, 0.15) is 0 Å². The average Bonchev–Trinajstić information content (AvgIpc) is 2.21. The topological polar surface area (TPSA) is 59.2 Å². The van der Waals surface area contributed by atoms with Crippen molar-refractivity contribution in [2.24, 2.45) is 0 Å². The van der Waals surface area contributed by atoms with Gasteiger partial charge in [0.15, 0.2) is 12.0 Å². The molecule has 1 aromatic heterocycles. The summed E-state index contributed by atoms with van der Waals surface area (Å²) in [6.07, 6.45) is 5.24. The summed E-state index contributed by atoms with van der Waals surface area (Å²) in [6.45, 7) is 2.54. The monoisotopic (exact) mass is 195 g/mol. The van der Waals surface area contributed by atoms with Crippen LogP contribution in [-0.2, 0) is 0 Å². The molecule has 1 aromatic rings. The average molecular weight is 195 g/mol. The van der Waals surface area contributed by atoms with E-state index in [2.05, 4.69) is 4.98 Å². The van der Waals surface area contributed by atoms with Crippen LogP contribution < -0.4 is 10.2 Å². The van der Waals surface area contributed by atoms with Crippen molar-refractivity contribution in [2.45, 2.75) is 19.8 Å². The first-order valence-corrected chi connectivity index (χ1v) is 4.58. The van der Waals surface area contributed by atoms with Crippen LogP contribution in [0.15, 0.2) is 17.2 Å². The Hall–Kier alpha value is -1.58. The van der Waals surface area contributed by atoms with Gasteiger partial charge in [-0.1, -0.05) is 13.3 Å². The van der Waals surface area contributed by atoms with E-state index in [0.717, 1.165) is 12.8 Å². The molecule has 0 aliphatic rings. The van der Waals surface area contributed by atoms with E-state index < -0.39 is 0 Å². The van der Waals surface area contributed by atoms with E-state index in [-0.39, 0.29) is 16.7 Å². The quantitative estimate of drug-likeness (QED) is 0.570. The minimum absolute atomic E-state index is 0.0963. The first-order chi connectivity index (χ1) is 6.79. The van der Waals surface area contributed by atoms with Gasteiger partial charge in [-0.3, -0.25) is 9.59 Å². The van der Waals surface area contributed by atoms with Gasteiger partial charge in [0.2, 0.25) is 5.43 Å². The highest BCUT2D eigenvalue weighted by molar-refractivity contribution is 5.74. The fourth-order valence-corrected chi connectivity index (χ4v) is 1.00. The summed E-state index contributed by atoms with van der Waals surface area (Å²) in [7, 11) is 0. The fraction of sp³-hybridized carbons (Fsp3) is 0.400. The molecule has 76 valence electrons. The number of rotatable bonds is 5. The van der Waals surface area contributed by atoms with Crippen molar-refractivity contribution in [1.82, 2.24) is 4.98 Å². The number of H-pyrrole nitrogens is 1. The van der Waals surface area contributed by atoms with Crippen molar-refractivity contribution in [3.8, 4) is 5.75 Å². The van der Waals surface area contributed by atoms with E-state index in [0.29, 0.717) is 12.9 Å². The van der Waals surface area contributed by atoms with Crippen LogP contribution in [0.25, 0.3) is 0 Å². The Morgan fingerprint density at radius 3 is 2.93 bits per heavy atom. The number of pyridine rings is 1. The third-order valence-corrected chi connectivity index (χ3v) is 1.82. The lowest BCUT2D eigenvalue weighted by Crippen LogP contribution is -2.13. The number of unbranched alkanes of at least 4 members (excludes halogenated alkanes) is 1. The highest BCUT2D eigenvalue weighted by atomic mass is 16.5. The third kappa shape index (κ3) is 2.45. The van der Waals surface area contributed by atoms with Gasteiger partial charge >= 0.3 is 0 Å². The molecule has 0 radical (unpaired) electrons. The second kappa shape index (κ2) is 5.21. The zero-order valence-electron chi connectivity index (χ0n) is 8.08. The van der Waals surface area contributed by atoms with E-state index >= 15 is 0 Å². The Balaban J connectivity index is 2.77. The summed E-state index contributed by atoms with van der Waals surface area (Å²) in [6, 6.07) is 0. The van der Waals surface area contributed by atoms with Gasteiger partial charge in [0, 0.05) is 12.4 Å². The predicted octanol–water partition coefficient (Wildman–Crippen LogP) is 1.37. The van der Waals surface area contributed by atoms with Crippen LogP contribution >= 0.6 is 0 Å². The Kier molecular flexibility index (Phi) is 3.91. The molecule has 0 aliphatic heterocycles. The lowest BCUT2D eigenvalue weighted by Gasteiger charge is -2.03. The molecule has 0 spiro atoms. The van der Waals surface area contributed by atoms with Crippen molar-refractivity contribution < 1.29 is 9.53 Å². The largest absolute Gasteiger partial charge is 0.488 e. The summed E-state index contributed by atoms with van der Waals surface area (Å²) in [5.74, 6) is 0.211. The summed E-state index contributed by atoms with van der Waals surface area (Å²) in [5.41, 5.74) is -0.256. The molecule has 4 heteroatoms. The minimum Gasteiger partial charge on any atom is -0.488 e. The van der Waals surface area contributed by atoms with Crippen molar-refractivity contribution in [1.29, 1.82) is 0 Å². The van der Waals surface area contributed by atoms with E-state index in [1.807, 2.05) is 6.92 Å².